The van der Waals surface area contributed by atoms with Crippen LogP contribution in [0.5, 0.6) is 0 Å². The number of rotatable bonds is 5. The molecule has 4 rings (SSSR count). The fraction of sp³-hybridized carbons (Fsp3) is 0.286. The molecule has 0 spiro atoms. The second kappa shape index (κ2) is 8.31. The van der Waals surface area contributed by atoms with Crippen LogP contribution in [-0.2, 0) is 11.3 Å². The van der Waals surface area contributed by atoms with Crippen LogP contribution in [0.1, 0.15) is 45.9 Å². The first-order chi connectivity index (χ1) is 14.2. The minimum Gasteiger partial charge on any atom is -0.381 e. The summed E-state index contributed by atoms with van der Waals surface area (Å²) in [5, 5.41) is 13.7. The summed E-state index contributed by atoms with van der Waals surface area (Å²) in [6, 6.07) is 7.23. The highest BCUT2D eigenvalue weighted by atomic mass is 16.5. The molecule has 0 amide bonds. The minimum absolute atomic E-state index is 0.220. The summed E-state index contributed by atoms with van der Waals surface area (Å²) in [4.78, 5) is 21.9. The Morgan fingerprint density at radius 1 is 1.24 bits per heavy atom. The van der Waals surface area contributed by atoms with E-state index < -0.39 is 0 Å². The van der Waals surface area contributed by atoms with E-state index >= 15 is 0 Å². The van der Waals surface area contributed by atoms with E-state index in [0.717, 1.165) is 18.4 Å². The number of nitriles is 1. The maximum absolute atomic E-state index is 13.3. The highest BCUT2D eigenvalue weighted by molar-refractivity contribution is 6.12. The van der Waals surface area contributed by atoms with Crippen LogP contribution >= 0.6 is 0 Å². The van der Waals surface area contributed by atoms with E-state index in [1.54, 1.807) is 43.0 Å². The van der Waals surface area contributed by atoms with Crippen molar-refractivity contribution >= 4 is 5.78 Å². The first kappa shape index (κ1) is 18.9. The van der Waals surface area contributed by atoms with Crippen LogP contribution in [0, 0.1) is 11.3 Å². The number of ketones is 1. The minimum atomic E-state index is -0.220. The standard InChI is InChI=1S/C21H20N6O2/c22-8-14-1-2-18(21-24-10-15(9-23)11-25-21)19(7-14)20(28)16-12-26-27(13-16)17-3-5-29-6-4-17/h1-2,7,10-13,17H,3-6,9,23H2. The molecule has 1 saturated heterocycles. The third-order valence-electron chi connectivity index (χ3n) is 5.00. The van der Waals surface area contributed by atoms with Gasteiger partial charge in [0.1, 0.15) is 0 Å². The number of nitrogens with zero attached hydrogens (tertiary/aromatic N) is 5. The SMILES string of the molecule is N#Cc1ccc(-c2ncc(CN)cn2)c(C(=O)c2cnn(C3CCOCC3)c2)c1. The third kappa shape index (κ3) is 3.92. The average Bonchev–Trinajstić information content (AvgIpc) is 3.29. The molecule has 29 heavy (non-hydrogen) atoms. The molecule has 146 valence electrons. The summed E-state index contributed by atoms with van der Waals surface area (Å²) in [5.74, 6) is 0.189. The summed E-state index contributed by atoms with van der Waals surface area (Å²) >= 11 is 0. The molecule has 0 saturated carbocycles. The highest BCUT2D eigenvalue weighted by Gasteiger charge is 2.21. The Bertz CT molecular complexity index is 1060. The van der Waals surface area contributed by atoms with E-state index in [2.05, 4.69) is 21.1 Å². The Kier molecular flexibility index (Phi) is 5.42. The molecule has 1 aliphatic rings. The van der Waals surface area contributed by atoms with Crippen LogP contribution in [0.3, 0.4) is 0 Å². The zero-order valence-corrected chi connectivity index (χ0v) is 15.8. The first-order valence-corrected chi connectivity index (χ1v) is 9.41. The van der Waals surface area contributed by atoms with Crippen LogP contribution < -0.4 is 5.73 Å². The van der Waals surface area contributed by atoms with Crippen LogP contribution in [-0.4, -0.2) is 38.7 Å². The van der Waals surface area contributed by atoms with Crippen molar-refractivity contribution in [2.75, 3.05) is 13.2 Å². The lowest BCUT2D eigenvalue weighted by Gasteiger charge is -2.22. The second-order valence-corrected chi connectivity index (χ2v) is 6.87. The van der Waals surface area contributed by atoms with Gasteiger partial charge in [0.25, 0.3) is 0 Å². The van der Waals surface area contributed by atoms with E-state index in [1.165, 1.54) is 0 Å². The number of carbonyl (C=O) groups excluding carboxylic acids is 1. The molecule has 8 heteroatoms. The summed E-state index contributed by atoms with van der Waals surface area (Å²) in [6.45, 7) is 1.72. The highest BCUT2D eigenvalue weighted by Crippen LogP contribution is 2.26. The fourth-order valence-electron chi connectivity index (χ4n) is 3.36. The van der Waals surface area contributed by atoms with E-state index in [-0.39, 0.29) is 11.8 Å². The lowest BCUT2D eigenvalue weighted by molar-refractivity contribution is 0.0662. The molecular weight excluding hydrogens is 368 g/mol. The quantitative estimate of drug-likeness (QED) is 0.666. The summed E-state index contributed by atoms with van der Waals surface area (Å²) in [7, 11) is 0. The van der Waals surface area contributed by atoms with Gasteiger partial charge in [-0.15, -0.1) is 0 Å². The van der Waals surface area contributed by atoms with Crippen molar-refractivity contribution in [3.05, 3.63) is 65.2 Å². The number of ether oxygens (including phenoxy) is 1. The van der Waals surface area contributed by atoms with Gasteiger partial charge in [0.15, 0.2) is 11.6 Å². The lowest BCUT2D eigenvalue weighted by Crippen LogP contribution is -2.19. The lowest BCUT2D eigenvalue weighted by atomic mass is 9.97. The molecule has 1 fully saturated rings. The van der Waals surface area contributed by atoms with Crippen LogP contribution in [0.2, 0.25) is 0 Å². The van der Waals surface area contributed by atoms with Crippen molar-refractivity contribution in [2.24, 2.45) is 5.73 Å². The normalized spacial score (nSPS) is 14.5. The Morgan fingerprint density at radius 3 is 2.69 bits per heavy atom. The maximum Gasteiger partial charge on any atom is 0.196 e. The maximum atomic E-state index is 13.3. The summed E-state index contributed by atoms with van der Waals surface area (Å²) in [5.41, 5.74) is 8.20. The molecule has 3 heterocycles. The molecule has 1 aromatic carbocycles. The van der Waals surface area contributed by atoms with Gasteiger partial charge in [-0.3, -0.25) is 9.48 Å². The van der Waals surface area contributed by atoms with Crippen molar-refractivity contribution < 1.29 is 9.53 Å². The second-order valence-electron chi connectivity index (χ2n) is 6.87. The number of benzene rings is 1. The van der Waals surface area contributed by atoms with Gasteiger partial charge in [-0.1, -0.05) is 0 Å². The number of nitrogens with two attached hydrogens (primary N) is 1. The Hall–Kier alpha value is -3.41. The van der Waals surface area contributed by atoms with Gasteiger partial charge in [-0.05, 0) is 31.0 Å². The number of hydrogen-bond donors (Lipinski definition) is 1. The van der Waals surface area contributed by atoms with E-state index in [0.29, 0.717) is 47.8 Å². The zero-order valence-electron chi connectivity index (χ0n) is 15.8. The Morgan fingerprint density at radius 2 is 2.00 bits per heavy atom. The summed E-state index contributed by atoms with van der Waals surface area (Å²) < 4.78 is 7.22. The van der Waals surface area contributed by atoms with Crippen LogP contribution in [0.4, 0.5) is 0 Å². The molecule has 0 aliphatic carbocycles. The van der Waals surface area contributed by atoms with E-state index in [4.69, 9.17) is 10.5 Å². The topological polar surface area (TPSA) is 120 Å². The zero-order chi connectivity index (χ0) is 20.2. The van der Waals surface area contributed by atoms with E-state index in [1.807, 2.05) is 4.68 Å². The largest absolute Gasteiger partial charge is 0.381 e. The van der Waals surface area contributed by atoms with Crippen molar-refractivity contribution in [1.29, 1.82) is 5.26 Å². The Labute approximate surface area is 168 Å². The van der Waals surface area contributed by atoms with Gasteiger partial charge in [0, 0.05) is 55.0 Å². The van der Waals surface area contributed by atoms with Crippen molar-refractivity contribution in [1.82, 2.24) is 19.7 Å². The molecule has 2 aromatic heterocycles. The van der Waals surface area contributed by atoms with Crippen LogP contribution in [0.15, 0.2) is 43.0 Å². The van der Waals surface area contributed by atoms with Gasteiger partial charge in [0.2, 0.25) is 0 Å². The molecular formula is C21H20N6O2. The monoisotopic (exact) mass is 388 g/mol. The third-order valence-corrected chi connectivity index (χ3v) is 5.00. The molecule has 8 nitrogen and oxygen atoms in total. The molecule has 0 unspecified atom stereocenters. The average molecular weight is 388 g/mol. The van der Waals surface area contributed by atoms with Crippen molar-refractivity contribution in [3.63, 3.8) is 0 Å². The molecule has 0 atom stereocenters. The Balaban J connectivity index is 1.70. The number of hydrogen-bond acceptors (Lipinski definition) is 7. The van der Waals surface area contributed by atoms with Gasteiger partial charge in [0.05, 0.1) is 29.4 Å². The van der Waals surface area contributed by atoms with E-state index in [9.17, 15) is 10.1 Å². The summed E-state index contributed by atoms with van der Waals surface area (Å²) in [6.07, 6.45) is 8.34. The van der Waals surface area contributed by atoms with Gasteiger partial charge in [-0.25, -0.2) is 9.97 Å². The molecule has 2 N–H and O–H groups in total. The molecule has 0 bridgehead atoms. The fourth-order valence-corrected chi connectivity index (χ4v) is 3.36. The predicted molar refractivity (Wildman–Crippen MR) is 105 cm³/mol. The molecule has 3 aromatic rings. The smallest absolute Gasteiger partial charge is 0.196 e. The van der Waals surface area contributed by atoms with Crippen molar-refractivity contribution in [2.45, 2.75) is 25.4 Å². The van der Waals surface area contributed by atoms with Gasteiger partial charge < -0.3 is 10.5 Å². The molecule has 0 radical (unpaired) electrons. The molecule has 1 aliphatic heterocycles. The van der Waals surface area contributed by atoms with Gasteiger partial charge in [-0.2, -0.15) is 10.4 Å². The predicted octanol–water partition coefficient (Wildman–Crippen LogP) is 2.25. The van der Waals surface area contributed by atoms with Gasteiger partial charge >= 0.3 is 0 Å². The van der Waals surface area contributed by atoms with Crippen LogP contribution in [0.25, 0.3) is 11.4 Å². The number of aromatic nitrogens is 4. The first-order valence-electron chi connectivity index (χ1n) is 9.41. The number of carbonyl (C=O) groups is 1. The van der Waals surface area contributed by atoms with Crippen molar-refractivity contribution in [3.8, 4) is 17.5 Å².